The molecule has 15 rings (SSSR count). The quantitative estimate of drug-likeness (QED) is 0.150. The lowest BCUT2D eigenvalue weighted by Crippen LogP contribution is -2.27. The smallest absolute Gasteiger partial charge is 0.0485 e. The summed E-state index contributed by atoms with van der Waals surface area (Å²) in [6, 6.07) is 0. The molecule has 9 aromatic carbocycles. The lowest BCUT2D eigenvalue weighted by Gasteiger charge is -2.40. The molecule has 9 aromatic rings. The zero-order chi connectivity index (χ0) is 72.3. The molecule has 0 bridgehead atoms. The minimum Gasteiger partial charge on any atom is -0.344 e. The van der Waals surface area contributed by atoms with Crippen LogP contribution in [0.2, 0.25) is 0 Å². The van der Waals surface area contributed by atoms with E-state index in [0.29, 0.717) is 0 Å². The van der Waals surface area contributed by atoms with Crippen molar-refractivity contribution in [2.75, 3.05) is 35.8 Å². The highest BCUT2D eigenvalue weighted by Crippen LogP contribution is 2.54. The van der Waals surface area contributed by atoms with E-state index in [1.54, 1.807) is 83.5 Å². The Morgan fingerprint density at radius 1 is 0.111 bits per heavy atom. The average Bonchev–Trinajstić information content (AvgIpc) is 0.724. The third-order valence-corrected chi connectivity index (χ3v) is 29.6. The molecule has 0 unspecified atom stereocenters. The van der Waals surface area contributed by atoms with E-state index in [1.807, 2.05) is 0 Å². The second kappa shape index (κ2) is 24.3. The number of fused-ring (bicyclic) bond motifs is 14. The van der Waals surface area contributed by atoms with E-state index in [4.69, 9.17) is 0 Å². The number of hydrogen-bond acceptors (Lipinski definition) is 3. The van der Waals surface area contributed by atoms with Crippen LogP contribution < -0.4 is 14.7 Å². The normalized spacial score (nSPS) is 14.1. The van der Waals surface area contributed by atoms with E-state index in [2.05, 4.69) is 244 Å². The van der Waals surface area contributed by atoms with Gasteiger partial charge < -0.3 is 14.7 Å². The minimum absolute atomic E-state index is 1.06. The minimum atomic E-state index is 1.06. The summed E-state index contributed by atoms with van der Waals surface area (Å²) in [5, 5.41) is 0. The Kier molecular flexibility index (Phi) is 17.1. The van der Waals surface area contributed by atoms with Crippen molar-refractivity contribution in [3.8, 4) is 0 Å². The molecule has 3 aliphatic heterocycles. The van der Waals surface area contributed by atoms with E-state index < -0.39 is 0 Å². The van der Waals surface area contributed by atoms with Gasteiger partial charge in [0.2, 0.25) is 0 Å². The number of rotatable bonds is 0. The van der Waals surface area contributed by atoms with Crippen LogP contribution in [0.1, 0.15) is 267 Å². The molecule has 0 N–H and O–H groups in total. The van der Waals surface area contributed by atoms with Gasteiger partial charge in [0.1, 0.15) is 0 Å². The summed E-state index contributed by atoms with van der Waals surface area (Å²) in [6.07, 6.45) is 9.62. The van der Waals surface area contributed by atoms with Gasteiger partial charge >= 0.3 is 0 Å². The van der Waals surface area contributed by atoms with Crippen LogP contribution in [0.4, 0.5) is 34.1 Å². The summed E-state index contributed by atoms with van der Waals surface area (Å²) in [6.45, 7) is 69.8. The fourth-order valence-electron chi connectivity index (χ4n) is 20.7. The van der Waals surface area contributed by atoms with Crippen molar-refractivity contribution in [3.05, 3.63) is 267 Å². The second-order valence-corrected chi connectivity index (χ2v) is 32.7. The highest BCUT2D eigenvalue weighted by molar-refractivity contribution is 5.88. The van der Waals surface area contributed by atoms with Crippen molar-refractivity contribution in [2.45, 2.75) is 265 Å². The molecule has 516 valence electrons. The van der Waals surface area contributed by atoms with Gasteiger partial charge in [0.05, 0.1) is 0 Å². The van der Waals surface area contributed by atoms with Crippen molar-refractivity contribution in [3.63, 3.8) is 0 Å². The van der Waals surface area contributed by atoms with Crippen LogP contribution >= 0.6 is 0 Å². The monoisotopic (exact) mass is 1310 g/mol. The van der Waals surface area contributed by atoms with Crippen molar-refractivity contribution in [1.29, 1.82) is 0 Å². The van der Waals surface area contributed by atoms with Crippen LogP contribution in [0.5, 0.6) is 0 Å². The SMILES string of the molecule is Cc1c(C)c(C)c2c(c1C)Cc1c(C)c(C)c3c(c1C2)Cc1c(C)c(C)c(C)c(C)c1N3C.Cc1c(C)c(C)c2c(c1C)Cc1c(C)c(C)c3c(c1C2)N(C)c1c(C)c(C)c(C)c(C)c1C3.Cc1c(C)c(C)c2c(c1C)Cc1c(C)c3c(c(C)c1C2)N(C)c1c(C)c(C)c(C)c(C)c1C3. The molecule has 0 saturated carbocycles. The largest absolute Gasteiger partial charge is 0.344 e. The Morgan fingerprint density at radius 2 is 0.242 bits per heavy atom. The summed E-state index contributed by atoms with van der Waals surface area (Å²) in [5.41, 5.74) is 81.5. The summed E-state index contributed by atoms with van der Waals surface area (Å²) in [7, 11) is 6.92. The summed E-state index contributed by atoms with van der Waals surface area (Å²) in [4.78, 5) is 7.61. The first kappa shape index (κ1) is 69.8. The van der Waals surface area contributed by atoms with Gasteiger partial charge in [0, 0.05) is 81.0 Å². The molecule has 3 aliphatic carbocycles. The molecule has 3 heterocycles. The van der Waals surface area contributed by atoms with Gasteiger partial charge in [-0.15, -0.1) is 0 Å². The van der Waals surface area contributed by atoms with E-state index in [-0.39, 0.29) is 0 Å². The van der Waals surface area contributed by atoms with Gasteiger partial charge in [0.15, 0.2) is 0 Å². The van der Waals surface area contributed by atoms with E-state index in [9.17, 15) is 0 Å². The van der Waals surface area contributed by atoms with E-state index >= 15 is 0 Å². The molecular weight excluding hydrogens is 1200 g/mol. The lowest BCUT2D eigenvalue weighted by molar-refractivity contribution is 0.897. The van der Waals surface area contributed by atoms with Gasteiger partial charge in [0.25, 0.3) is 0 Å². The van der Waals surface area contributed by atoms with Crippen molar-refractivity contribution in [1.82, 2.24) is 0 Å². The van der Waals surface area contributed by atoms with E-state index in [0.717, 1.165) is 57.8 Å². The first-order chi connectivity index (χ1) is 46.4. The molecule has 3 nitrogen and oxygen atoms in total. The van der Waals surface area contributed by atoms with Crippen LogP contribution in [-0.4, -0.2) is 21.1 Å². The Morgan fingerprint density at radius 3 is 0.576 bits per heavy atom. The summed E-state index contributed by atoms with van der Waals surface area (Å²) >= 11 is 0. The van der Waals surface area contributed by atoms with Crippen LogP contribution in [0.25, 0.3) is 0 Å². The Balaban J connectivity index is 0.000000133. The zero-order valence-electron chi connectivity index (χ0n) is 67.7. The van der Waals surface area contributed by atoms with Crippen LogP contribution in [0, 0.1) is 208 Å². The maximum Gasteiger partial charge on any atom is 0.0485 e. The van der Waals surface area contributed by atoms with Gasteiger partial charge in [-0.1, -0.05) is 0 Å². The first-order valence-corrected chi connectivity index (χ1v) is 37.5. The molecule has 0 fully saturated rings. The van der Waals surface area contributed by atoms with Crippen LogP contribution in [0.3, 0.4) is 0 Å². The molecule has 99 heavy (non-hydrogen) atoms. The van der Waals surface area contributed by atoms with Gasteiger partial charge in [-0.05, 0) is 507 Å². The molecule has 0 spiro atoms. The van der Waals surface area contributed by atoms with Crippen molar-refractivity contribution in [2.24, 2.45) is 0 Å². The van der Waals surface area contributed by atoms with Crippen molar-refractivity contribution < 1.29 is 0 Å². The number of nitrogens with zero attached hydrogens (tertiary/aromatic N) is 3. The highest BCUT2D eigenvalue weighted by atomic mass is 15.1. The Bertz CT molecular complexity index is 5090. The summed E-state index contributed by atoms with van der Waals surface area (Å²) in [5.74, 6) is 0. The number of benzene rings is 9. The van der Waals surface area contributed by atoms with Gasteiger partial charge in [-0.3, -0.25) is 0 Å². The molecule has 0 radical (unpaired) electrons. The molecular formula is C96H117N3. The standard InChI is InChI=1S/3C32H39N/c1-15-16(2)20(6)26-13-30-27(12-25(26)19(15)5)22(8)23(9)29-14-28-21(7)17(3)18(4)24(10)31(28)33(11)32(29)30;1-15-16(2)20(6)26-13-29-27(12-25(26)19(15)5)22(8)24(10)32-30(29)14-28-21(7)17(3)18(4)23(9)31(28)33(32)11;1-15-16(2)20(6)26-13-28-24(10)32-30(23(9)27(28)12-25(26)19(15)5)14-29-21(7)17(3)18(4)22(8)31(29)33(32)11/h3*12-14H2,1-11H3. The second-order valence-electron chi connectivity index (χ2n) is 32.7. The fraction of sp³-hybridized carbons (Fsp3) is 0.438. The third kappa shape index (κ3) is 9.80. The number of hydrogen-bond donors (Lipinski definition) is 0. The predicted molar refractivity (Wildman–Crippen MR) is 430 cm³/mol. The Hall–Kier alpha value is -7.62. The molecule has 0 saturated heterocycles. The average molecular weight is 1310 g/mol. The predicted octanol–water partition coefficient (Wildman–Crippen LogP) is 23.8. The molecule has 0 atom stereocenters. The maximum absolute atomic E-state index is 2.56. The first-order valence-electron chi connectivity index (χ1n) is 37.5. The van der Waals surface area contributed by atoms with Crippen molar-refractivity contribution >= 4 is 34.1 Å². The van der Waals surface area contributed by atoms with Crippen LogP contribution in [0.15, 0.2) is 0 Å². The zero-order valence-corrected chi connectivity index (χ0v) is 67.7. The molecule has 0 amide bonds. The number of anilines is 6. The molecule has 3 heteroatoms. The maximum atomic E-state index is 2.56. The van der Waals surface area contributed by atoms with E-state index in [1.165, 1.54) is 218 Å². The topological polar surface area (TPSA) is 9.72 Å². The van der Waals surface area contributed by atoms with Gasteiger partial charge in [-0.2, -0.15) is 0 Å². The molecule has 0 aromatic heterocycles. The molecule has 6 aliphatic rings. The highest BCUT2D eigenvalue weighted by Gasteiger charge is 2.38. The fourth-order valence-corrected chi connectivity index (χ4v) is 20.7. The Labute approximate surface area is 598 Å². The summed E-state index contributed by atoms with van der Waals surface area (Å²) < 4.78 is 0. The van der Waals surface area contributed by atoms with Crippen LogP contribution in [-0.2, 0) is 57.8 Å². The van der Waals surface area contributed by atoms with Gasteiger partial charge in [-0.25, -0.2) is 0 Å². The lowest BCUT2D eigenvalue weighted by atomic mass is 9.73. The third-order valence-electron chi connectivity index (χ3n) is 29.6.